The van der Waals surface area contributed by atoms with Crippen LogP contribution in [0.25, 0.3) is 22.3 Å². The van der Waals surface area contributed by atoms with Gasteiger partial charge in [0, 0.05) is 0 Å². The summed E-state index contributed by atoms with van der Waals surface area (Å²) in [6.07, 6.45) is -8.68. The second-order valence-corrected chi connectivity index (χ2v) is 14.6. The van der Waals surface area contributed by atoms with Crippen LogP contribution in [0.5, 0.6) is 0 Å². The second kappa shape index (κ2) is 12.5. The van der Waals surface area contributed by atoms with Gasteiger partial charge in [-0.1, -0.05) is 24.5 Å². The number of nitrogen functional groups attached to an aromatic ring is 2. The fourth-order valence-electron chi connectivity index (χ4n) is 4.95. The monoisotopic (exact) mass is 710 g/mol. The fourth-order valence-corrected chi connectivity index (χ4v) is 6.94. The Morgan fingerprint density at radius 2 is 1.71 bits per heavy atom. The van der Waals surface area contributed by atoms with Gasteiger partial charge in [0.1, 0.15) is 42.4 Å². The van der Waals surface area contributed by atoms with Crippen LogP contribution in [0.4, 0.5) is 16.2 Å². The van der Waals surface area contributed by atoms with E-state index in [9.17, 15) is 24.1 Å². The van der Waals surface area contributed by atoms with E-state index in [1.54, 1.807) is 0 Å². The van der Waals surface area contributed by atoms with Crippen molar-refractivity contribution < 1.29 is 46.8 Å². The largest absolute Gasteiger partial charge is 0.387 e. The van der Waals surface area contributed by atoms with Gasteiger partial charge in [0.15, 0.2) is 41.3 Å². The average molecular weight is 711 g/mol. The molecule has 45 heavy (non-hydrogen) atoms. The predicted molar refractivity (Wildman–Crippen MR) is 158 cm³/mol. The van der Waals surface area contributed by atoms with Gasteiger partial charge in [-0.05, 0) is 0 Å². The average Bonchev–Trinajstić information content (AvgIpc) is 3.73. The normalized spacial score (nSPS) is 30.7. The Morgan fingerprint density at radius 1 is 1.04 bits per heavy atom. The van der Waals surface area contributed by atoms with Crippen LogP contribution < -0.4 is 17.0 Å². The molecular formula is C20H25FN10O10P2S2. The highest BCUT2D eigenvalue weighted by atomic mass is 32.7. The second-order valence-electron chi connectivity index (χ2n) is 9.83. The van der Waals surface area contributed by atoms with E-state index in [0.29, 0.717) is 0 Å². The molecule has 20 nitrogen and oxygen atoms in total. The Morgan fingerprint density at radius 3 is 2.44 bits per heavy atom. The molecule has 6 heterocycles. The lowest BCUT2D eigenvalue weighted by Crippen LogP contribution is -2.35. The summed E-state index contributed by atoms with van der Waals surface area (Å²) in [6, 6.07) is 0. The molecule has 4 aromatic heterocycles. The summed E-state index contributed by atoms with van der Waals surface area (Å²) in [6.45, 7) is -5.55. The molecular weight excluding hydrogens is 685 g/mol. The topological polar surface area (TPSA) is 280 Å². The van der Waals surface area contributed by atoms with E-state index in [-0.39, 0.29) is 34.1 Å². The molecule has 2 fully saturated rings. The number of aromatic nitrogens is 8. The van der Waals surface area contributed by atoms with Crippen molar-refractivity contribution in [1.82, 2.24) is 39.0 Å². The van der Waals surface area contributed by atoms with Gasteiger partial charge >= 0.3 is 6.80 Å². The van der Waals surface area contributed by atoms with Crippen molar-refractivity contribution in [3.8, 4) is 0 Å². The number of ether oxygens (including phenoxy) is 2. The van der Waals surface area contributed by atoms with Gasteiger partial charge in [-0.25, -0.2) is 28.9 Å². The fraction of sp³-hybridized carbons (Fsp3) is 0.500. The summed E-state index contributed by atoms with van der Waals surface area (Å²) in [7, 11) is -2.74. The highest BCUT2D eigenvalue weighted by molar-refractivity contribution is 8.44. The van der Waals surface area contributed by atoms with Gasteiger partial charge < -0.3 is 35.7 Å². The third kappa shape index (κ3) is 6.22. The Bertz CT molecular complexity index is 1870. The molecule has 0 aliphatic carbocycles. The standard InChI is InChI=1S/C20H25FN10O10P2S2/c21-8-11(32)7(39-18(8)30-4-26-9-14(22)24-3-25-15(9)30)2-38-43(36,45)41-13-12(33)6(1-37-42(35)44)40-19(13)31-5-27-10-16(31)28-20(23)29-17(10)34/h3-8,11-13,18-19,32-33,42H,1-2H2,(H,35,44)(H,36,45)(H2,22,24,25)(H3,23,28,29,34)/t6-,7-,8?,11?,12?,13?,18-,19-,43?/m1/s1. The molecule has 0 amide bonds. The molecule has 0 radical (unpaired) electrons. The summed E-state index contributed by atoms with van der Waals surface area (Å²) in [5, 5.41) is 21.6. The quantitative estimate of drug-likeness (QED) is 0.0825. The van der Waals surface area contributed by atoms with Gasteiger partial charge in [-0.15, -0.1) is 0 Å². The van der Waals surface area contributed by atoms with Crippen molar-refractivity contribution in [2.45, 2.75) is 49.1 Å². The number of fused-ring (bicyclic) bond motifs is 2. The van der Waals surface area contributed by atoms with E-state index in [1.165, 1.54) is 15.5 Å². The number of aliphatic hydroxyl groups excluding tert-OH is 2. The van der Waals surface area contributed by atoms with Crippen LogP contribution in [0, 0.1) is 0 Å². The lowest BCUT2D eigenvalue weighted by Gasteiger charge is -2.25. The number of aliphatic hydroxyl groups is 2. The molecule has 2 aliphatic heterocycles. The van der Waals surface area contributed by atoms with Gasteiger partial charge in [0.25, 0.3) is 5.56 Å². The van der Waals surface area contributed by atoms with Gasteiger partial charge in [-0.3, -0.25) is 32.5 Å². The zero-order valence-electron chi connectivity index (χ0n) is 22.4. The third-order valence-corrected chi connectivity index (χ3v) is 9.44. The van der Waals surface area contributed by atoms with E-state index >= 15 is 4.39 Å². The Hall–Kier alpha value is -2.69. The van der Waals surface area contributed by atoms with Crippen molar-refractivity contribution in [2.24, 2.45) is 0 Å². The van der Waals surface area contributed by atoms with Gasteiger partial charge in [-0.2, -0.15) is 4.98 Å². The van der Waals surface area contributed by atoms with Crippen molar-refractivity contribution >= 4 is 72.6 Å². The number of rotatable bonds is 10. The molecule has 6 unspecified atom stereocenters. The SMILES string of the molecule is Nc1nc2c(ncn2[C@@H]2O[C@H](CO[PH](=O)S)C(O)C2OP(=O)(S)OC[C@H]2O[C@@H](n3cnc4c(N)ncnc43)C(F)C2O)c(=O)[nH]1. The summed E-state index contributed by atoms with van der Waals surface area (Å²) < 4.78 is 69.9. The zero-order chi connectivity index (χ0) is 32.2. The first-order chi connectivity index (χ1) is 21.3. The van der Waals surface area contributed by atoms with Crippen molar-refractivity contribution in [2.75, 3.05) is 24.7 Å². The first-order valence-electron chi connectivity index (χ1n) is 12.8. The maximum atomic E-state index is 15.2. The Balaban J connectivity index is 1.20. The molecule has 0 aromatic carbocycles. The first-order valence-corrected chi connectivity index (χ1v) is 18.1. The van der Waals surface area contributed by atoms with Crippen LogP contribution in [0.2, 0.25) is 0 Å². The highest BCUT2D eigenvalue weighted by Gasteiger charge is 2.50. The molecule has 4 aromatic rings. The van der Waals surface area contributed by atoms with Crippen LogP contribution in [0.15, 0.2) is 23.8 Å². The van der Waals surface area contributed by atoms with Crippen molar-refractivity contribution in [3.63, 3.8) is 0 Å². The van der Waals surface area contributed by atoms with Crippen LogP contribution >= 0.6 is 38.5 Å². The van der Waals surface area contributed by atoms with Crippen LogP contribution in [-0.4, -0.2) is 99.2 Å². The predicted octanol–water partition coefficient (Wildman–Crippen LogP) is -0.246. The summed E-state index contributed by atoms with van der Waals surface area (Å²) in [5.74, 6) is -0.193. The Labute approximate surface area is 261 Å². The minimum absolute atomic E-state index is 0.0562. The smallest absolute Gasteiger partial charge is 0.386 e. The number of nitrogens with zero attached hydrogens (tertiary/aromatic N) is 7. The molecule has 0 bridgehead atoms. The number of anilines is 2. The number of hydrogen-bond acceptors (Lipinski definition) is 17. The van der Waals surface area contributed by atoms with Crippen LogP contribution in [0.3, 0.4) is 0 Å². The summed E-state index contributed by atoms with van der Waals surface area (Å²) >= 11 is 7.69. The number of alkyl halides is 1. The maximum Gasteiger partial charge on any atom is 0.386 e. The number of nitrogens with one attached hydrogen (secondary N) is 1. The Kier molecular flexibility index (Phi) is 8.95. The number of imidazole rings is 2. The number of halogens is 1. The van der Waals surface area contributed by atoms with Gasteiger partial charge in [0.2, 0.25) is 13.2 Å². The molecule has 244 valence electrons. The third-order valence-electron chi connectivity index (χ3n) is 7.02. The van der Waals surface area contributed by atoms with E-state index in [2.05, 4.69) is 54.4 Å². The number of nitrogens with two attached hydrogens (primary N) is 2. The summed E-state index contributed by atoms with van der Waals surface area (Å²) in [4.78, 5) is 34.5. The molecule has 0 saturated carbocycles. The minimum atomic E-state index is -4.46. The van der Waals surface area contributed by atoms with Crippen molar-refractivity contribution in [1.29, 1.82) is 0 Å². The molecule has 7 N–H and O–H groups in total. The number of thiol groups is 2. The van der Waals surface area contributed by atoms with E-state index in [1.807, 2.05) is 0 Å². The van der Waals surface area contributed by atoms with E-state index in [4.69, 9.17) is 34.5 Å². The molecule has 6 rings (SSSR count). The molecule has 2 saturated heterocycles. The number of hydrogen-bond donors (Lipinski definition) is 7. The number of H-pyrrole nitrogens is 1. The number of aromatic amines is 1. The lowest BCUT2D eigenvalue weighted by molar-refractivity contribution is -0.0512. The molecule has 0 spiro atoms. The first kappa shape index (κ1) is 32.3. The van der Waals surface area contributed by atoms with E-state index < -0.39 is 81.9 Å². The summed E-state index contributed by atoms with van der Waals surface area (Å²) in [5.41, 5.74) is 11.0. The minimum Gasteiger partial charge on any atom is -0.387 e. The molecule has 2 aliphatic rings. The van der Waals surface area contributed by atoms with Gasteiger partial charge in [0.05, 0.1) is 25.9 Å². The maximum absolute atomic E-state index is 15.2. The van der Waals surface area contributed by atoms with E-state index in [0.717, 1.165) is 12.7 Å². The highest BCUT2D eigenvalue weighted by Crippen LogP contribution is 2.57. The molecule has 25 heteroatoms. The zero-order valence-corrected chi connectivity index (χ0v) is 26.1. The lowest BCUT2D eigenvalue weighted by atomic mass is 10.1. The van der Waals surface area contributed by atoms with Crippen LogP contribution in [-0.2, 0) is 32.2 Å². The van der Waals surface area contributed by atoms with Crippen LogP contribution in [0.1, 0.15) is 12.5 Å². The molecule has 10 atom stereocenters. The van der Waals surface area contributed by atoms with Crippen molar-refractivity contribution in [3.05, 3.63) is 29.3 Å².